The Balaban J connectivity index is 2.35. The van der Waals surface area contributed by atoms with Gasteiger partial charge in [-0.3, -0.25) is 9.59 Å². The van der Waals surface area contributed by atoms with Crippen LogP contribution in [-0.4, -0.2) is 20.7 Å². The summed E-state index contributed by atoms with van der Waals surface area (Å²) in [6.07, 6.45) is 1.51. The van der Waals surface area contributed by atoms with Gasteiger partial charge in [0.2, 0.25) is 5.91 Å². The number of carbonyl (C=O) groups excluding carboxylic acids is 1. The van der Waals surface area contributed by atoms with Crippen LogP contribution in [-0.2, 0) is 11.3 Å². The Labute approximate surface area is 116 Å². The van der Waals surface area contributed by atoms with Crippen molar-refractivity contribution in [2.75, 3.05) is 0 Å². The highest BCUT2D eigenvalue weighted by atomic mass is 32.1. The normalized spacial score (nSPS) is 11.1. The number of hydrogen-bond acceptors (Lipinski definition) is 6. The van der Waals surface area contributed by atoms with Crippen molar-refractivity contribution in [3.63, 3.8) is 0 Å². The van der Waals surface area contributed by atoms with E-state index in [0.29, 0.717) is 16.2 Å². The number of aryl methyl sites for hydroxylation is 1. The molecule has 0 fully saturated rings. The molecule has 0 aliphatic heterocycles. The lowest BCUT2D eigenvalue weighted by Crippen LogP contribution is -2.30. The van der Waals surface area contributed by atoms with E-state index in [-0.39, 0.29) is 12.1 Å². The highest BCUT2D eigenvalue weighted by molar-refractivity contribution is 7.19. The van der Waals surface area contributed by atoms with Gasteiger partial charge in [-0.15, -0.1) is 11.3 Å². The summed E-state index contributed by atoms with van der Waals surface area (Å²) in [7, 11) is 0. The molecule has 0 unspecified atom stereocenters. The molecule has 0 saturated heterocycles. The number of primary amides is 1. The molecule has 8 heteroatoms. The van der Waals surface area contributed by atoms with E-state index in [1.807, 2.05) is 0 Å². The zero-order valence-electron chi connectivity index (χ0n) is 10.5. The fraction of sp³-hybridized carbons (Fsp3) is 0.167. The number of rotatable bonds is 3. The van der Waals surface area contributed by atoms with Gasteiger partial charge >= 0.3 is 0 Å². The van der Waals surface area contributed by atoms with Crippen LogP contribution in [0.25, 0.3) is 21.7 Å². The zero-order chi connectivity index (χ0) is 14.3. The average Bonchev–Trinajstić information content (AvgIpc) is 3.01. The summed E-state index contributed by atoms with van der Waals surface area (Å²) in [6.45, 7) is 1.51. The van der Waals surface area contributed by atoms with E-state index in [9.17, 15) is 9.59 Å². The summed E-state index contributed by atoms with van der Waals surface area (Å²) in [5.74, 6) is -0.131. The van der Waals surface area contributed by atoms with Gasteiger partial charge in [0.1, 0.15) is 12.2 Å². The van der Waals surface area contributed by atoms with Crippen molar-refractivity contribution in [1.82, 2.24) is 14.8 Å². The van der Waals surface area contributed by atoms with Crippen LogP contribution in [0.4, 0.5) is 0 Å². The van der Waals surface area contributed by atoms with Crippen LogP contribution in [0.5, 0.6) is 0 Å². The lowest BCUT2D eigenvalue weighted by atomic mass is 10.3. The van der Waals surface area contributed by atoms with Crippen molar-refractivity contribution < 1.29 is 9.21 Å². The van der Waals surface area contributed by atoms with E-state index in [1.165, 1.54) is 17.6 Å². The van der Waals surface area contributed by atoms with Crippen molar-refractivity contribution >= 4 is 27.5 Å². The average molecular weight is 290 g/mol. The van der Waals surface area contributed by atoms with Crippen LogP contribution in [0.2, 0.25) is 0 Å². The first-order valence-corrected chi connectivity index (χ1v) is 6.58. The molecule has 0 radical (unpaired) electrons. The number of furan rings is 1. The fourth-order valence-electron chi connectivity index (χ4n) is 1.90. The monoisotopic (exact) mass is 290 g/mol. The van der Waals surface area contributed by atoms with Crippen molar-refractivity contribution in [2.24, 2.45) is 5.73 Å². The first-order chi connectivity index (χ1) is 9.56. The van der Waals surface area contributed by atoms with Crippen LogP contribution < -0.4 is 11.3 Å². The fourth-order valence-corrected chi connectivity index (χ4v) is 2.80. The van der Waals surface area contributed by atoms with Gasteiger partial charge in [0.15, 0.2) is 11.3 Å². The standard InChI is InChI=1S/C12H10N4O3S/c1-6-14-10-11(20-6)9(7-3-2-4-19-7)15-16(12(10)18)5-8(13)17/h2-4H,5H2,1H3,(H2,13,17). The second-order valence-electron chi connectivity index (χ2n) is 4.17. The molecule has 3 aromatic rings. The predicted molar refractivity (Wildman–Crippen MR) is 73.3 cm³/mol. The summed E-state index contributed by atoms with van der Waals surface area (Å²) < 4.78 is 6.98. The molecule has 102 valence electrons. The molecule has 0 aliphatic rings. The summed E-state index contributed by atoms with van der Waals surface area (Å²) in [4.78, 5) is 27.4. The van der Waals surface area contributed by atoms with Gasteiger partial charge in [-0.2, -0.15) is 5.10 Å². The van der Waals surface area contributed by atoms with E-state index >= 15 is 0 Å². The van der Waals surface area contributed by atoms with Crippen LogP contribution in [0, 0.1) is 6.92 Å². The first-order valence-electron chi connectivity index (χ1n) is 5.76. The van der Waals surface area contributed by atoms with Gasteiger partial charge in [-0.1, -0.05) is 0 Å². The summed E-state index contributed by atoms with van der Waals surface area (Å²) in [6, 6.07) is 3.45. The third-order valence-corrected chi connectivity index (χ3v) is 3.64. The van der Waals surface area contributed by atoms with Crippen molar-refractivity contribution in [1.29, 1.82) is 0 Å². The third kappa shape index (κ3) is 1.99. The van der Waals surface area contributed by atoms with E-state index in [0.717, 1.165) is 9.69 Å². The van der Waals surface area contributed by atoms with Crippen molar-refractivity contribution in [3.8, 4) is 11.5 Å². The molecule has 0 bridgehead atoms. The molecule has 2 N–H and O–H groups in total. The number of thiazole rings is 1. The largest absolute Gasteiger partial charge is 0.463 e. The lowest BCUT2D eigenvalue weighted by molar-refractivity contribution is -0.118. The molecule has 0 aliphatic carbocycles. The minimum absolute atomic E-state index is 0.273. The molecule has 0 atom stereocenters. The Morgan fingerprint density at radius 3 is 3.00 bits per heavy atom. The number of aromatic nitrogens is 3. The Morgan fingerprint density at radius 1 is 1.55 bits per heavy atom. The van der Waals surface area contributed by atoms with Gasteiger partial charge in [0, 0.05) is 0 Å². The summed E-state index contributed by atoms with van der Waals surface area (Å²) in [5, 5.41) is 4.92. The molecule has 1 amide bonds. The van der Waals surface area contributed by atoms with E-state index < -0.39 is 11.5 Å². The molecule has 0 aromatic carbocycles. The molecule has 20 heavy (non-hydrogen) atoms. The van der Waals surface area contributed by atoms with E-state index in [2.05, 4.69) is 10.1 Å². The Kier molecular flexibility index (Phi) is 2.87. The van der Waals surface area contributed by atoms with Crippen LogP contribution in [0.1, 0.15) is 5.01 Å². The molecular formula is C12H10N4O3S. The zero-order valence-corrected chi connectivity index (χ0v) is 11.3. The number of fused-ring (bicyclic) bond motifs is 1. The Hall–Kier alpha value is -2.48. The molecule has 7 nitrogen and oxygen atoms in total. The van der Waals surface area contributed by atoms with Crippen LogP contribution in [0.15, 0.2) is 27.6 Å². The molecule has 0 spiro atoms. The van der Waals surface area contributed by atoms with Gasteiger partial charge in [0.05, 0.1) is 16.0 Å². The molecule has 0 saturated carbocycles. The van der Waals surface area contributed by atoms with Crippen LogP contribution in [0.3, 0.4) is 0 Å². The topological polar surface area (TPSA) is 104 Å². The number of nitrogens with two attached hydrogens (primary N) is 1. The molecular weight excluding hydrogens is 280 g/mol. The van der Waals surface area contributed by atoms with Gasteiger partial charge in [-0.05, 0) is 19.1 Å². The maximum Gasteiger partial charge on any atom is 0.294 e. The smallest absolute Gasteiger partial charge is 0.294 e. The van der Waals surface area contributed by atoms with Gasteiger partial charge in [-0.25, -0.2) is 9.67 Å². The number of nitrogens with zero attached hydrogens (tertiary/aromatic N) is 3. The molecule has 3 rings (SSSR count). The third-order valence-electron chi connectivity index (χ3n) is 2.67. The lowest BCUT2D eigenvalue weighted by Gasteiger charge is -2.04. The SMILES string of the molecule is Cc1nc2c(=O)n(CC(N)=O)nc(-c3ccco3)c2s1. The van der Waals surface area contributed by atoms with E-state index in [4.69, 9.17) is 10.2 Å². The van der Waals surface area contributed by atoms with E-state index in [1.54, 1.807) is 19.1 Å². The number of amides is 1. The Morgan fingerprint density at radius 2 is 2.35 bits per heavy atom. The minimum Gasteiger partial charge on any atom is -0.463 e. The minimum atomic E-state index is -0.642. The van der Waals surface area contributed by atoms with Crippen LogP contribution >= 0.6 is 11.3 Å². The predicted octanol–water partition coefficient (Wildman–Crippen LogP) is 0.907. The molecule has 3 aromatic heterocycles. The summed E-state index contributed by atoms with van der Waals surface area (Å²) >= 11 is 1.36. The highest BCUT2D eigenvalue weighted by Crippen LogP contribution is 2.29. The number of hydrogen-bond donors (Lipinski definition) is 1. The van der Waals surface area contributed by atoms with Gasteiger partial charge in [0.25, 0.3) is 5.56 Å². The first kappa shape index (κ1) is 12.5. The maximum atomic E-state index is 12.2. The number of carbonyl (C=O) groups is 1. The second kappa shape index (κ2) is 4.57. The highest BCUT2D eigenvalue weighted by Gasteiger charge is 2.18. The second-order valence-corrected chi connectivity index (χ2v) is 5.37. The molecule has 3 heterocycles. The summed E-state index contributed by atoms with van der Waals surface area (Å²) in [5.41, 5.74) is 5.46. The van der Waals surface area contributed by atoms with Gasteiger partial charge < -0.3 is 10.2 Å². The quantitative estimate of drug-likeness (QED) is 0.772. The maximum absolute atomic E-state index is 12.2. The van der Waals surface area contributed by atoms with Crippen molar-refractivity contribution in [3.05, 3.63) is 33.8 Å². The van der Waals surface area contributed by atoms with Crippen molar-refractivity contribution in [2.45, 2.75) is 13.5 Å². The Bertz CT molecular complexity index is 848.